The Morgan fingerprint density at radius 3 is 2.63 bits per heavy atom. The average molecular weight is 366 g/mol. The molecule has 0 amide bonds. The smallest absolute Gasteiger partial charge is 0.336 e. The van der Waals surface area contributed by atoms with Gasteiger partial charge in [-0.1, -0.05) is 31.0 Å². The molecule has 6 nitrogen and oxygen atoms in total. The summed E-state index contributed by atoms with van der Waals surface area (Å²) in [5.41, 5.74) is 0.931. The zero-order valence-corrected chi connectivity index (χ0v) is 15.3. The number of nitrogens with zero attached hydrogens (tertiary/aromatic N) is 2. The maximum Gasteiger partial charge on any atom is 0.336 e. The maximum absolute atomic E-state index is 12.3. The molecular weight excluding hydrogens is 344 g/mol. The van der Waals surface area contributed by atoms with Crippen LogP contribution in [0.1, 0.15) is 32.6 Å². The van der Waals surface area contributed by atoms with E-state index >= 15 is 0 Å². The molecule has 0 saturated carbocycles. The summed E-state index contributed by atoms with van der Waals surface area (Å²) in [7, 11) is 0. The molecule has 3 aromatic rings. The molecule has 0 aliphatic rings. The second-order valence-corrected chi connectivity index (χ2v) is 6.25. The summed E-state index contributed by atoms with van der Waals surface area (Å²) in [6.07, 6.45) is 4.61. The van der Waals surface area contributed by atoms with Crippen molar-refractivity contribution >= 4 is 22.3 Å². The predicted molar refractivity (Wildman–Crippen MR) is 104 cm³/mol. The largest absolute Gasteiger partial charge is 0.594 e. The van der Waals surface area contributed by atoms with E-state index in [9.17, 15) is 10.0 Å². The lowest BCUT2D eigenvalue weighted by molar-refractivity contribution is -0.435. The topological polar surface area (TPSA) is 77.9 Å². The van der Waals surface area contributed by atoms with Crippen molar-refractivity contribution in [3.63, 3.8) is 0 Å². The Labute approximate surface area is 157 Å². The Morgan fingerprint density at radius 1 is 1.04 bits per heavy atom. The molecule has 1 heterocycles. The van der Waals surface area contributed by atoms with Gasteiger partial charge in [0, 0.05) is 28.7 Å². The lowest BCUT2D eigenvalue weighted by Crippen LogP contribution is -1.97. The number of unbranched alkanes of at least 4 members (excludes halogenated alkanes) is 3. The van der Waals surface area contributed by atoms with E-state index in [1.54, 1.807) is 48.5 Å². The summed E-state index contributed by atoms with van der Waals surface area (Å²) in [5, 5.41) is 17.0. The quantitative estimate of drug-likeness (QED) is 0.169. The van der Waals surface area contributed by atoms with Gasteiger partial charge >= 0.3 is 5.63 Å². The van der Waals surface area contributed by atoms with Crippen molar-refractivity contribution < 1.29 is 14.0 Å². The summed E-state index contributed by atoms with van der Waals surface area (Å²) in [6.45, 7) is 2.85. The van der Waals surface area contributed by atoms with E-state index in [1.807, 2.05) is 0 Å². The van der Waals surface area contributed by atoms with Gasteiger partial charge in [0.15, 0.2) is 0 Å². The van der Waals surface area contributed by atoms with Crippen LogP contribution in [0.15, 0.2) is 68.9 Å². The molecule has 0 aliphatic heterocycles. The molecule has 0 unspecified atom stereocenters. The highest BCUT2D eigenvalue weighted by Crippen LogP contribution is 2.23. The van der Waals surface area contributed by atoms with Crippen LogP contribution in [-0.4, -0.2) is 11.5 Å². The van der Waals surface area contributed by atoms with E-state index in [0.717, 1.165) is 18.6 Å². The van der Waals surface area contributed by atoms with Gasteiger partial charge in [0.2, 0.25) is 5.69 Å². The highest BCUT2D eigenvalue weighted by molar-refractivity contribution is 5.79. The normalized spacial score (nSPS) is 11.7. The van der Waals surface area contributed by atoms with E-state index in [2.05, 4.69) is 12.0 Å². The Kier molecular flexibility index (Phi) is 6.20. The van der Waals surface area contributed by atoms with Gasteiger partial charge in [0.25, 0.3) is 0 Å². The molecule has 0 saturated heterocycles. The molecule has 27 heavy (non-hydrogen) atoms. The third-order valence-corrected chi connectivity index (χ3v) is 4.13. The third-order valence-electron chi connectivity index (χ3n) is 4.13. The Bertz CT molecular complexity index is 977. The van der Waals surface area contributed by atoms with E-state index in [0.29, 0.717) is 33.8 Å². The van der Waals surface area contributed by atoms with Crippen molar-refractivity contribution in [2.45, 2.75) is 32.6 Å². The number of ether oxygens (including phenoxy) is 1. The van der Waals surface area contributed by atoms with Crippen molar-refractivity contribution in [2.24, 2.45) is 5.11 Å². The average Bonchev–Trinajstić information content (AvgIpc) is 2.68. The Morgan fingerprint density at radius 2 is 1.85 bits per heavy atom. The van der Waals surface area contributed by atoms with Gasteiger partial charge < -0.3 is 14.4 Å². The second-order valence-electron chi connectivity index (χ2n) is 6.25. The zero-order chi connectivity index (χ0) is 19.1. The Hall–Kier alpha value is -3.15. The molecule has 2 aromatic carbocycles. The van der Waals surface area contributed by atoms with Crippen molar-refractivity contribution in [2.75, 3.05) is 6.61 Å². The molecule has 1 aromatic heterocycles. The van der Waals surface area contributed by atoms with Gasteiger partial charge in [0.1, 0.15) is 17.0 Å². The first-order chi connectivity index (χ1) is 13.2. The Balaban J connectivity index is 1.67. The molecule has 0 atom stereocenters. The van der Waals surface area contributed by atoms with Crippen molar-refractivity contribution in [1.29, 1.82) is 0 Å². The van der Waals surface area contributed by atoms with E-state index in [1.165, 1.54) is 18.9 Å². The van der Waals surface area contributed by atoms with Gasteiger partial charge in [-0.15, -0.1) is 0 Å². The zero-order valence-electron chi connectivity index (χ0n) is 15.3. The monoisotopic (exact) mass is 366 g/mol. The van der Waals surface area contributed by atoms with Crippen LogP contribution in [0.3, 0.4) is 0 Å². The molecule has 0 aliphatic carbocycles. The van der Waals surface area contributed by atoms with Gasteiger partial charge in [-0.25, -0.2) is 4.79 Å². The van der Waals surface area contributed by atoms with Crippen LogP contribution in [0.4, 0.5) is 11.4 Å². The van der Waals surface area contributed by atoms with Gasteiger partial charge in [0.05, 0.1) is 6.61 Å². The van der Waals surface area contributed by atoms with E-state index in [-0.39, 0.29) is 0 Å². The van der Waals surface area contributed by atoms with Crippen LogP contribution >= 0.6 is 0 Å². The molecule has 6 heteroatoms. The molecular formula is C21H22N2O4. The lowest BCUT2D eigenvalue weighted by Gasteiger charge is -2.06. The SMILES string of the molecule is CCCCCCOc1ccc([N+]([O-])=Nc2ccc3oc(=O)ccc3c2)cc1. The first kappa shape index (κ1) is 18.6. The highest BCUT2D eigenvalue weighted by atomic mass is 16.5. The molecule has 140 valence electrons. The number of azo groups is 1. The minimum atomic E-state index is -0.412. The first-order valence-corrected chi connectivity index (χ1v) is 9.11. The van der Waals surface area contributed by atoms with Crippen LogP contribution in [0.5, 0.6) is 5.75 Å². The molecule has 0 N–H and O–H groups in total. The fourth-order valence-electron chi connectivity index (χ4n) is 2.67. The van der Waals surface area contributed by atoms with Crippen LogP contribution < -0.4 is 10.4 Å². The first-order valence-electron chi connectivity index (χ1n) is 9.11. The fourth-order valence-corrected chi connectivity index (χ4v) is 2.67. The van der Waals surface area contributed by atoms with Gasteiger partial charge in [-0.2, -0.15) is 0 Å². The maximum atomic E-state index is 12.3. The minimum Gasteiger partial charge on any atom is -0.594 e. The highest BCUT2D eigenvalue weighted by Gasteiger charge is 2.06. The predicted octanol–water partition coefficient (Wildman–Crippen LogP) is 5.68. The molecule has 0 radical (unpaired) electrons. The number of benzene rings is 2. The van der Waals surface area contributed by atoms with Crippen molar-refractivity contribution in [3.05, 3.63) is 70.2 Å². The van der Waals surface area contributed by atoms with Gasteiger partial charge in [-0.05, 0) is 42.8 Å². The number of hydrogen-bond acceptors (Lipinski definition) is 5. The molecule has 3 rings (SSSR count). The minimum absolute atomic E-state index is 0.410. The van der Waals surface area contributed by atoms with Crippen molar-refractivity contribution in [1.82, 2.24) is 0 Å². The summed E-state index contributed by atoms with van der Waals surface area (Å²) in [5.74, 6) is 0.740. The van der Waals surface area contributed by atoms with Gasteiger partial charge in [-0.3, -0.25) is 0 Å². The number of fused-ring (bicyclic) bond motifs is 1. The second kappa shape index (κ2) is 8.98. The molecule has 0 spiro atoms. The van der Waals surface area contributed by atoms with Crippen LogP contribution in [-0.2, 0) is 0 Å². The number of hydrogen-bond donors (Lipinski definition) is 0. The van der Waals surface area contributed by atoms with E-state index < -0.39 is 5.63 Å². The van der Waals surface area contributed by atoms with E-state index in [4.69, 9.17) is 9.15 Å². The van der Waals surface area contributed by atoms with Crippen LogP contribution in [0.25, 0.3) is 11.0 Å². The lowest BCUT2D eigenvalue weighted by atomic mass is 10.2. The fraction of sp³-hybridized carbons (Fsp3) is 0.286. The van der Waals surface area contributed by atoms with Crippen LogP contribution in [0, 0.1) is 5.21 Å². The summed E-state index contributed by atoms with van der Waals surface area (Å²) >= 11 is 0. The number of rotatable bonds is 8. The molecule has 0 bridgehead atoms. The summed E-state index contributed by atoms with van der Waals surface area (Å²) < 4.78 is 10.7. The standard InChI is InChI=1S/C21H22N2O4/c1-2-3-4-5-14-26-19-10-8-18(9-11-19)23(25)22-17-7-12-20-16(15-17)6-13-21(24)27-20/h6-13,15H,2-5,14H2,1H3. The van der Waals surface area contributed by atoms with Crippen molar-refractivity contribution in [3.8, 4) is 5.75 Å². The third kappa shape index (κ3) is 5.17. The molecule has 0 fully saturated rings. The summed E-state index contributed by atoms with van der Waals surface area (Å²) in [6, 6.07) is 14.8. The van der Waals surface area contributed by atoms with Crippen LogP contribution in [0.2, 0.25) is 0 Å². The summed E-state index contributed by atoms with van der Waals surface area (Å²) in [4.78, 5) is 11.8.